The van der Waals surface area contributed by atoms with Crippen molar-refractivity contribution in [3.63, 3.8) is 0 Å². The fourth-order valence-corrected chi connectivity index (χ4v) is 3.71. The molecule has 196 valence electrons. The number of nitrogens with one attached hydrogen (secondary N) is 1. The van der Waals surface area contributed by atoms with Crippen molar-refractivity contribution in [3.8, 4) is 5.88 Å². The van der Waals surface area contributed by atoms with Gasteiger partial charge in [0.15, 0.2) is 0 Å². The number of aromatic nitrogens is 4. The Balaban J connectivity index is 1.55. The van der Waals surface area contributed by atoms with E-state index in [0.717, 1.165) is 0 Å². The summed E-state index contributed by atoms with van der Waals surface area (Å²) in [4.78, 5) is 50.9. The maximum atomic E-state index is 13.0. The van der Waals surface area contributed by atoms with Crippen LogP contribution in [0.25, 0.3) is 0 Å². The largest absolute Gasteiger partial charge is 0.475 e. The Morgan fingerprint density at radius 2 is 1.83 bits per heavy atom. The molecule has 0 bridgehead atoms. The molecule has 2 aromatic heterocycles. The van der Waals surface area contributed by atoms with Crippen LogP contribution in [0.2, 0.25) is 0 Å². The van der Waals surface area contributed by atoms with Gasteiger partial charge >= 0.3 is 17.7 Å². The van der Waals surface area contributed by atoms with E-state index in [-0.39, 0.29) is 42.4 Å². The van der Waals surface area contributed by atoms with Crippen LogP contribution in [0.3, 0.4) is 0 Å². The Morgan fingerprint density at radius 1 is 1.17 bits per heavy atom. The summed E-state index contributed by atoms with van der Waals surface area (Å²) in [6.45, 7) is 7.14. The van der Waals surface area contributed by atoms with Crippen molar-refractivity contribution in [2.75, 3.05) is 45.2 Å². The van der Waals surface area contributed by atoms with Crippen LogP contribution in [0, 0.1) is 17.0 Å². The summed E-state index contributed by atoms with van der Waals surface area (Å²) in [5.74, 6) is -0.615. The molecule has 36 heavy (non-hydrogen) atoms. The molecule has 0 radical (unpaired) electrons. The zero-order chi connectivity index (χ0) is 26.4. The molecule has 1 aliphatic heterocycles. The van der Waals surface area contributed by atoms with E-state index in [9.17, 15) is 24.5 Å². The van der Waals surface area contributed by atoms with Gasteiger partial charge in [-0.05, 0) is 20.8 Å². The third kappa shape index (κ3) is 6.09. The third-order valence-electron chi connectivity index (χ3n) is 5.73. The summed E-state index contributed by atoms with van der Waals surface area (Å²) in [6.07, 6.45) is 2.42. The maximum absolute atomic E-state index is 13.0. The average molecular weight is 507 g/mol. The second-order valence-corrected chi connectivity index (χ2v) is 8.14. The summed E-state index contributed by atoms with van der Waals surface area (Å²) in [5, 5.41) is 22.1. The van der Waals surface area contributed by atoms with Crippen LogP contribution in [0.15, 0.2) is 12.4 Å². The summed E-state index contributed by atoms with van der Waals surface area (Å²) >= 11 is 0. The lowest BCUT2D eigenvalue weighted by molar-refractivity contribution is -0.385. The number of aryl methyl sites for hydroxylation is 2. The zero-order valence-electron chi connectivity index (χ0n) is 20.7. The van der Waals surface area contributed by atoms with Crippen molar-refractivity contribution in [3.05, 3.63) is 28.2 Å². The predicted octanol–water partition coefficient (Wildman–Crippen LogP) is 1.20. The minimum Gasteiger partial charge on any atom is -0.475 e. The molecule has 1 atom stereocenters. The van der Waals surface area contributed by atoms with Crippen LogP contribution in [0.1, 0.15) is 32.0 Å². The maximum Gasteiger partial charge on any atom is 0.409 e. The second-order valence-electron chi connectivity index (χ2n) is 8.14. The first kappa shape index (κ1) is 26.4. The minimum atomic E-state index is -0.611. The first-order valence-electron chi connectivity index (χ1n) is 11.5. The molecule has 15 nitrogen and oxygen atoms in total. The number of methoxy groups -OCH3 is 1. The number of carbonyl (C=O) groups excluding carboxylic acids is 3. The Bertz CT molecular complexity index is 1120. The van der Waals surface area contributed by atoms with Gasteiger partial charge in [-0.2, -0.15) is 5.10 Å². The van der Waals surface area contributed by atoms with Gasteiger partial charge in [-0.15, -0.1) is 5.10 Å². The van der Waals surface area contributed by atoms with E-state index in [1.165, 1.54) is 22.7 Å². The number of nitrogens with zero attached hydrogens (tertiary/aromatic N) is 7. The number of carbonyl (C=O) groups is 3. The van der Waals surface area contributed by atoms with Crippen LogP contribution in [-0.2, 0) is 20.9 Å². The second kappa shape index (κ2) is 11.5. The van der Waals surface area contributed by atoms with E-state index in [2.05, 4.69) is 15.5 Å². The first-order valence-corrected chi connectivity index (χ1v) is 11.5. The number of anilines is 1. The number of rotatable bonds is 9. The van der Waals surface area contributed by atoms with Crippen molar-refractivity contribution in [1.29, 1.82) is 0 Å². The highest BCUT2D eigenvalue weighted by Crippen LogP contribution is 2.24. The Kier molecular flexibility index (Phi) is 8.45. The third-order valence-corrected chi connectivity index (χ3v) is 5.73. The van der Waals surface area contributed by atoms with Crippen molar-refractivity contribution in [2.45, 2.75) is 39.8 Å². The van der Waals surface area contributed by atoms with Crippen LogP contribution in [0.4, 0.5) is 16.2 Å². The van der Waals surface area contributed by atoms with Gasteiger partial charge in [-0.25, -0.2) is 4.79 Å². The quantitative estimate of drug-likeness (QED) is 0.388. The van der Waals surface area contributed by atoms with E-state index in [0.29, 0.717) is 44.2 Å². The fourth-order valence-electron chi connectivity index (χ4n) is 3.71. The van der Waals surface area contributed by atoms with Gasteiger partial charge in [0.2, 0.25) is 11.8 Å². The highest BCUT2D eigenvalue weighted by Gasteiger charge is 2.29. The predicted molar refractivity (Wildman–Crippen MR) is 126 cm³/mol. The standard InChI is InChI=1S/C21H30N8O7/c1-5-36-21(32)26-10-8-25(9-11-26)20(31)15(3)28-12-16(14(2)23-28)22-18(30)6-7-27-13-17(29(33)34)19(24-27)35-4/h12-13,15H,5-11H2,1-4H3,(H,22,30). The normalized spacial score (nSPS) is 14.3. The molecule has 0 spiro atoms. The molecule has 1 unspecified atom stereocenters. The van der Waals surface area contributed by atoms with Gasteiger partial charge in [-0.3, -0.25) is 29.1 Å². The number of hydrogen-bond acceptors (Lipinski definition) is 9. The van der Waals surface area contributed by atoms with Gasteiger partial charge in [0.25, 0.3) is 0 Å². The first-order chi connectivity index (χ1) is 17.1. The Morgan fingerprint density at radius 3 is 2.42 bits per heavy atom. The van der Waals surface area contributed by atoms with Gasteiger partial charge in [0.05, 0.1) is 36.6 Å². The molecule has 1 N–H and O–H groups in total. The molecule has 1 fully saturated rings. The van der Waals surface area contributed by atoms with Gasteiger partial charge < -0.3 is 24.6 Å². The van der Waals surface area contributed by atoms with Crippen LogP contribution < -0.4 is 10.1 Å². The monoisotopic (exact) mass is 506 g/mol. The van der Waals surface area contributed by atoms with Gasteiger partial charge in [0.1, 0.15) is 12.2 Å². The van der Waals surface area contributed by atoms with Crippen LogP contribution in [-0.4, -0.2) is 92.1 Å². The molecular formula is C21H30N8O7. The summed E-state index contributed by atoms with van der Waals surface area (Å²) in [6, 6.07) is -0.611. The van der Waals surface area contributed by atoms with Crippen LogP contribution >= 0.6 is 0 Å². The molecule has 1 saturated heterocycles. The summed E-state index contributed by atoms with van der Waals surface area (Å²) in [5.41, 5.74) is 0.707. The molecule has 1 aliphatic rings. The molecule has 0 aliphatic carbocycles. The van der Waals surface area contributed by atoms with Crippen molar-refractivity contribution in [1.82, 2.24) is 29.4 Å². The highest BCUT2D eigenvalue weighted by atomic mass is 16.6. The summed E-state index contributed by atoms with van der Waals surface area (Å²) in [7, 11) is 1.28. The average Bonchev–Trinajstić information content (AvgIpc) is 3.45. The molecule has 15 heteroatoms. The molecular weight excluding hydrogens is 476 g/mol. The number of piperazine rings is 1. The smallest absolute Gasteiger partial charge is 0.409 e. The lowest BCUT2D eigenvalue weighted by Gasteiger charge is -2.35. The van der Waals surface area contributed by atoms with Crippen LogP contribution in [0.5, 0.6) is 5.88 Å². The molecule has 3 heterocycles. The number of ether oxygens (including phenoxy) is 2. The molecule has 3 rings (SSSR count). The van der Waals surface area contributed by atoms with Gasteiger partial charge in [-0.1, -0.05) is 0 Å². The van der Waals surface area contributed by atoms with E-state index in [1.807, 2.05) is 0 Å². The van der Waals surface area contributed by atoms with Crippen molar-refractivity contribution >= 4 is 29.3 Å². The Hall–Kier alpha value is -4.17. The highest BCUT2D eigenvalue weighted by molar-refractivity contribution is 5.91. The SMILES string of the molecule is CCOC(=O)N1CCN(C(=O)C(C)n2cc(NC(=O)CCn3cc([N+](=O)[O-])c(OC)n3)c(C)n2)CC1. The van der Waals surface area contributed by atoms with Crippen molar-refractivity contribution in [2.24, 2.45) is 0 Å². The molecule has 3 amide bonds. The van der Waals surface area contributed by atoms with Crippen molar-refractivity contribution < 1.29 is 28.8 Å². The zero-order valence-corrected chi connectivity index (χ0v) is 20.7. The topological polar surface area (TPSA) is 167 Å². The molecule has 0 saturated carbocycles. The van der Waals surface area contributed by atoms with E-state index in [4.69, 9.17) is 9.47 Å². The number of hydrogen-bond donors (Lipinski definition) is 1. The summed E-state index contributed by atoms with van der Waals surface area (Å²) < 4.78 is 12.6. The number of amides is 3. The lowest BCUT2D eigenvalue weighted by atomic mass is 10.2. The van der Waals surface area contributed by atoms with Gasteiger partial charge in [0, 0.05) is 38.8 Å². The lowest BCUT2D eigenvalue weighted by Crippen LogP contribution is -2.52. The molecule has 2 aromatic rings. The number of nitro groups is 1. The van der Waals surface area contributed by atoms with E-state index >= 15 is 0 Å². The van der Waals surface area contributed by atoms with E-state index < -0.39 is 11.0 Å². The molecule has 0 aromatic carbocycles. The fraction of sp³-hybridized carbons (Fsp3) is 0.571. The minimum absolute atomic E-state index is 0.00579. The van der Waals surface area contributed by atoms with E-state index in [1.54, 1.807) is 36.8 Å². The Labute approximate surface area is 207 Å².